The summed E-state index contributed by atoms with van der Waals surface area (Å²) in [6, 6.07) is 17.6. The molecule has 0 bridgehead atoms. The van der Waals surface area contributed by atoms with Crippen LogP contribution in [-0.4, -0.2) is 37.5 Å². The molecule has 1 aliphatic heterocycles. The maximum Gasteiger partial charge on any atom is 0.272 e. The minimum atomic E-state index is -0.180. The molecule has 160 valence electrons. The molecule has 2 aromatic carbocycles. The van der Waals surface area contributed by atoms with Crippen LogP contribution in [0.2, 0.25) is 0 Å². The highest BCUT2D eigenvalue weighted by molar-refractivity contribution is 5.95. The fraction of sp³-hybridized carbons (Fsp3) is 0.208. The molecule has 0 spiro atoms. The van der Waals surface area contributed by atoms with Gasteiger partial charge in [-0.15, -0.1) is 5.10 Å². The van der Waals surface area contributed by atoms with Crippen molar-refractivity contribution in [3.63, 3.8) is 0 Å². The second-order valence-electron chi connectivity index (χ2n) is 7.54. The maximum atomic E-state index is 12.7. The van der Waals surface area contributed by atoms with Crippen molar-refractivity contribution in [1.29, 1.82) is 0 Å². The lowest BCUT2D eigenvalue weighted by Crippen LogP contribution is -2.25. The summed E-state index contributed by atoms with van der Waals surface area (Å²) < 4.78 is 7.41. The summed E-state index contributed by atoms with van der Waals surface area (Å²) >= 11 is 0. The summed E-state index contributed by atoms with van der Waals surface area (Å²) in [7, 11) is 0. The van der Waals surface area contributed by atoms with E-state index in [1.165, 1.54) is 0 Å². The molecule has 8 heteroatoms. The monoisotopic (exact) mass is 426 g/mol. The molecule has 0 saturated heterocycles. The summed E-state index contributed by atoms with van der Waals surface area (Å²) in [5, 5.41) is 16.0. The molecule has 4 aromatic rings. The van der Waals surface area contributed by atoms with Gasteiger partial charge >= 0.3 is 0 Å². The normalized spacial score (nSPS) is 15.2. The predicted octanol–water partition coefficient (Wildman–Crippen LogP) is 3.91. The van der Waals surface area contributed by atoms with Crippen molar-refractivity contribution in [2.75, 3.05) is 11.9 Å². The van der Waals surface area contributed by atoms with Crippen LogP contribution in [0.5, 0.6) is 5.75 Å². The first kappa shape index (κ1) is 19.9. The van der Waals surface area contributed by atoms with Gasteiger partial charge in [-0.25, -0.2) is 4.98 Å². The van der Waals surface area contributed by atoms with Gasteiger partial charge in [-0.05, 0) is 19.9 Å². The molecule has 0 aliphatic carbocycles. The van der Waals surface area contributed by atoms with Gasteiger partial charge in [0.05, 0.1) is 24.2 Å². The van der Waals surface area contributed by atoms with Gasteiger partial charge in [-0.1, -0.05) is 48.5 Å². The van der Waals surface area contributed by atoms with E-state index in [1.807, 2.05) is 68.4 Å². The Bertz CT molecular complexity index is 1280. The average molecular weight is 426 g/mol. The summed E-state index contributed by atoms with van der Waals surface area (Å²) in [5.74, 6) is 1.37. The second kappa shape index (κ2) is 8.22. The Kier molecular flexibility index (Phi) is 5.10. The van der Waals surface area contributed by atoms with Gasteiger partial charge in [0.15, 0.2) is 0 Å². The van der Waals surface area contributed by atoms with Crippen LogP contribution in [0.15, 0.2) is 60.8 Å². The molecule has 1 N–H and O–H groups in total. The molecule has 3 heterocycles. The Morgan fingerprint density at radius 1 is 1.12 bits per heavy atom. The van der Waals surface area contributed by atoms with Gasteiger partial charge in [0.1, 0.15) is 11.6 Å². The van der Waals surface area contributed by atoms with Gasteiger partial charge in [-0.3, -0.25) is 4.79 Å². The number of carbonyl (C=O) groups excluding carboxylic acids is 1. The summed E-state index contributed by atoms with van der Waals surface area (Å²) in [6.45, 7) is 4.42. The van der Waals surface area contributed by atoms with E-state index in [0.717, 1.165) is 28.1 Å². The topological polar surface area (TPSA) is 94.8 Å². The molecule has 5 rings (SSSR count). The first-order valence-corrected chi connectivity index (χ1v) is 10.5. The molecule has 1 unspecified atom stereocenters. The number of anilines is 1. The molecule has 1 aliphatic rings. The Hall–Kier alpha value is -4.07. The van der Waals surface area contributed by atoms with Crippen molar-refractivity contribution in [1.82, 2.24) is 25.0 Å². The molecule has 1 atom stereocenters. The highest BCUT2D eigenvalue weighted by atomic mass is 16.5. The first-order chi connectivity index (χ1) is 15.7. The summed E-state index contributed by atoms with van der Waals surface area (Å²) in [6.07, 6.45) is 1.92. The number of nitrogens with zero attached hydrogens (tertiary/aromatic N) is 5. The van der Waals surface area contributed by atoms with Gasteiger partial charge in [-0.2, -0.15) is 14.9 Å². The Labute approximate surface area is 185 Å². The number of ether oxygens (including phenoxy) is 1. The Morgan fingerprint density at radius 3 is 2.72 bits per heavy atom. The van der Waals surface area contributed by atoms with Crippen molar-refractivity contribution >= 4 is 11.7 Å². The lowest BCUT2D eigenvalue weighted by molar-refractivity contribution is -0.116. The van der Waals surface area contributed by atoms with E-state index in [2.05, 4.69) is 25.6 Å². The van der Waals surface area contributed by atoms with Crippen molar-refractivity contribution in [2.24, 2.45) is 0 Å². The van der Waals surface area contributed by atoms with E-state index in [-0.39, 0.29) is 11.8 Å². The minimum Gasteiger partial charge on any atom is -0.494 e. The number of fused-ring (bicyclic) bond motifs is 1. The lowest BCUT2D eigenvalue weighted by atomic mass is 9.85. The number of carbonyl (C=O) groups is 1. The van der Waals surface area contributed by atoms with Crippen molar-refractivity contribution in [2.45, 2.75) is 26.2 Å². The largest absolute Gasteiger partial charge is 0.494 e. The second-order valence-corrected chi connectivity index (χ2v) is 7.54. The smallest absolute Gasteiger partial charge is 0.272 e. The van der Waals surface area contributed by atoms with E-state index >= 15 is 0 Å². The van der Waals surface area contributed by atoms with E-state index in [9.17, 15) is 4.79 Å². The van der Waals surface area contributed by atoms with Crippen LogP contribution in [-0.2, 0) is 4.79 Å². The van der Waals surface area contributed by atoms with Crippen LogP contribution in [0.25, 0.3) is 17.2 Å². The highest BCUT2D eigenvalue weighted by Crippen LogP contribution is 2.42. The van der Waals surface area contributed by atoms with Gasteiger partial charge in [0.25, 0.3) is 5.95 Å². The van der Waals surface area contributed by atoms with Crippen LogP contribution in [0, 0.1) is 6.92 Å². The van der Waals surface area contributed by atoms with E-state index in [0.29, 0.717) is 30.5 Å². The number of para-hydroxylation sites is 1. The average Bonchev–Trinajstić information content (AvgIpc) is 3.16. The molecule has 0 fully saturated rings. The van der Waals surface area contributed by atoms with Crippen LogP contribution in [0.3, 0.4) is 0 Å². The minimum absolute atomic E-state index is 0.0953. The van der Waals surface area contributed by atoms with Crippen molar-refractivity contribution in [3.8, 4) is 23.0 Å². The predicted molar refractivity (Wildman–Crippen MR) is 120 cm³/mol. The fourth-order valence-electron chi connectivity index (χ4n) is 4.14. The van der Waals surface area contributed by atoms with E-state index in [4.69, 9.17) is 4.74 Å². The standard InChI is InChI=1S/C24H22N6O2/c1-3-32-20-12-8-7-11-17(20)18-13-21(31)27-23-22(18)15(2)29-30(23)24-26-19(14-25-28-24)16-9-5-4-6-10-16/h4-12,14,18H,3,13H2,1-2H3,(H,27,31). The van der Waals surface area contributed by atoms with Crippen LogP contribution in [0.4, 0.5) is 5.82 Å². The van der Waals surface area contributed by atoms with Gasteiger partial charge < -0.3 is 10.1 Å². The molecule has 32 heavy (non-hydrogen) atoms. The van der Waals surface area contributed by atoms with Crippen LogP contribution < -0.4 is 10.1 Å². The number of hydrogen-bond acceptors (Lipinski definition) is 6. The molecular formula is C24H22N6O2. The van der Waals surface area contributed by atoms with Crippen molar-refractivity contribution in [3.05, 3.63) is 77.6 Å². The molecule has 1 amide bonds. The highest BCUT2D eigenvalue weighted by Gasteiger charge is 2.34. The zero-order valence-corrected chi connectivity index (χ0v) is 17.8. The fourth-order valence-corrected chi connectivity index (χ4v) is 4.14. The molecule has 8 nitrogen and oxygen atoms in total. The number of nitrogens with one attached hydrogen (secondary N) is 1. The Morgan fingerprint density at radius 2 is 1.91 bits per heavy atom. The number of aromatic nitrogens is 5. The SMILES string of the molecule is CCOc1ccccc1C1CC(=O)Nc2c1c(C)nn2-c1nncc(-c2ccccc2)n1. The van der Waals surface area contributed by atoms with E-state index in [1.54, 1.807) is 10.9 Å². The molecule has 2 aromatic heterocycles. The van der Waals surface area contributed by atoms with E-state index < -0.39 is 0 Å². The first-order valence-electron chi connectivity index (χ1n) is 10.5. The lowest BCUT2D eigenvalue weighted by Gasteiger charge is -2.25. The Balaban J connectivity index is 1.62. The third-order valence-electron chi connectivity index (χ3n) is 5.50. The zero-order chi connectivity index (χ0) is 22.1. The molecule has 0 radical (unpaired) electrons. The van der Waals surface area contributed by atoms with Crippen LogP contribution in [0.1, 0.15) is 36.1 Å². The van der Waals surface area contributed by atoms with Crippen molar-refractivity contribution < 1.29 is 9.53 Å². The number of rotatable bonds is 5. The molecule has 0 saturated carbocycles. The van der Waals surface area contributed by atoms with Gasteiger partial charge in [0, 0.05) is 29.0 Å². The van der Waals surface area contributed by atoms with Gasteiger partial charge in [0.2, 0.25) is 5.91 Å². The third-order valence-corrected chi connectivity index (χ3v) is 5.50. The van der Waals surface area contributed by atoms with Crippen LogP contribution >= 0.6 is 0 Å². The zero-order valence-electron chi connectivity index (χ0n) is 17.8. The number of benzene rings is 2. The number of aryl methyl sites for hydroxylation is 1. The quantitative estimate of drug-likeness (QED) is 0.520. The molecular weight excluding hydrogens is 404 g/mol. The summed E-state index contributed by atoms with van der Waals surface area (Å²) in [4.78, 5) is 17.4. The third kappa shape index (κ3) is 3.49. The summed E-state index contributed by atoms with van der Waals surface area (Å²) in [5.41, 5.74) is 4.30. The maximum absolute atomic E-state index is 12.7. The number of hydrogen-bond donors (Lipinski definition) is 1. The number of amides is 1.